The van der Waals surface area contributed by atoms with Crippen LogP contribution in [0.4, 0.5) is 31.1 Å². The molecule has 3 aromatic rings. The van der Waals surface area contributed by atoms with E-state index in [4.69, 9.17) is 4.74 Å². The first-order valence-electron chi connectivity index (χ1n) is 15.9. The minimum absolute atomic E-state index is 0.0179. The number of phenols is 2. The molecule has 8 nitrogen and oxygen atoms in total. The normalized spacial score (nSPS) is 17.0. The fourth-order valence-electron chi connectivity index (χ4n) is 6.00. The molecule has 1 fully saturated rings. The van der Waals surface area contributed by atoms with Crippen molar-refractivity contribution in [3.05, 3.63) is 88.5 Å². The zero-order valence-corrected chi connectivity index (χ0v) is 26.9. The second kappa shape index (κ2) is 14.6. The molecular weight excluding hydrogens is 658 g/mol. The third-order valence-electron chi connectivity index (χ3n) is 8.72. The van der Waals surface area contributed by atoms with Gasteiger partial charge in [-0.2, -0.15) is 26.3 Å². The van der Waals surface area contributed by atoms with E-state index < -0.39 is 46.7 Å². The molecule has 3 amide bonds. The van der Waals surface area contributed by atoms with E-state index in [1.165, 1.54) is 18.2 Å². The monoisotopic (exact) mass is 696 g/mol. The van der Waals surface area contributed by atoms with Crippen molar-refractivity contribution in [2.45, 2.75) is 82.3 Å². The minimum Gasteiger partial charge on any atom is -0.504 e. The third-order valence-corrected chi connectivity index (χ3v) is 8.72. The molecule has 0 aliphatic carbocycles. The van der Waals surface area contributed by atoms with Gasteiger partial charge in [0, 0.05) is 12.1 Å². The summed E-state index contributed by atoms with van der Waals surface area (Å²) in [6, 6.07) is 13.4. The van der Waals surface area contributed by atoms with E-state index in [2.05, 4.69) is 5.32 Å². The molecule has 1 aliphatic heterocycles. The highest BCUT2D eigenvalue weighted by atomic mass is 19.4. The SMILES string of the molecule is CCCc1cc(C(O)(C(F)(F)F)C(F)(F)F)cc(CCc2ccccc2)c1OCCCCN1C(=O)NC(CC)(c2ccc(O)c(O)c2)C1=O. The van der Waals surface area contributed by atoms with Gasteiger partial charge in [0.1, 0.15) is 11.3 Å². The van der Waals surface area contributed by atoms with Gasteiger partial charge in [-0.1, -0.05) is 56.7 Å². The van der Waals surface area contributed by atoms with Gasteiger partial charge < -0.3 is 25.4 Å². The van der Waals surface area contributed by atoms with Gasteiger partial charge in [-0.25, -0.2) is 4.79 Å². The molecule has 4 N–H and O–H groups in total. The lowest BCUT2D eigenvalue weighted by atomic mass is 9.87. The van der Waals surface area contributed by atoms with Crippen LogP contribution in [0.2, 0.25) is 0 Å². The number of rotatable bonds is 14. The van der Waals surface area contributed by atoms with Crippen LogP contribution < -0.4 is 10.1 Å². The zero-order chi connectivity index (χ0) is 36.2. The quantitative estimate of drug-likeness (QED) is 0.0615. The summed E-state index contributed by atoms with van der Waals surface area (Å²) in [5.41, 5.74) is -6.68. The molecule has 1 aliphatic rings. The Morgan fingerprint density at radius 3 is 2.02 bits per heavy atom. The number of nitrogens with one attached hydrogen (secondary N) is 1. The first-order valence-corrected chi connectivity index (χ1v) is 15.9. The molecule has 1 atom stereocenters. The van der Waals surface area contributed by atoms with Crippen LogP contribution >= 0.6 is 0 Å². The van der Waals surface area contributed by atoms with E-state index in [1.807, 2.05) is 0 Å². The number of phenolic OH excluding ortho intramolecular Hbond substituents is 2. The summed E-state index contributed by atoms with van der Waals surface area (Å²) in [7, 11) is 0. The summed E-state index contributed by atoms with van der Waals surface area (Å²) < 4.78 is 89.3. The lowest BCUT2D eigenvalue weighted by Gasteiger charge is -2.33. The molecule has 4 rings (SSSR count). The van der Waals surface area contributed by atoms with E-state index in [0.29, 0.717) is 18.6 Å². The Morgan fingerprint density at radius 2 is 1.45 bits per heavy atom. The van der Waals surface area contributed by atoms with E-state index >= 15 is 0 Å². The number of ether oxygens (including phenoxy) is 1. The van der Waals surface area contributed by atoms with Crippen LogP contribution in [-0.4, -0.2) is 57.7 Å². The molecule has 1 heterocycles. The Hall–Kier alpha value is -4.46. The summed E-state index contributed by atoms with van der Waals surface area (Å²) >= 11 is 0. The van der Waals surface area contributed by atoms with Crippen LogP contribution in [-0.2, 0) is 35.2 Å². The Kier molecular flexibility index (Phi) is 11.1. The van der Waals surface area contributed by atoms with E-state index in [1.54, 1.807) is 44.2 Å². The Labute approximate surface area is 279 Å². The van der Waals surface area contributed by atoms with Gasteiger partial charge in [-0.3, -0.25) is 9.69 Å². The summed E-state index contributed by atoms with van der Waals surface area (Å²) in [5.74, 6) is -1.28. The number of benzene rings is 3. The van der Waals surface area contributed by atoms with Gasteiger partial charge in [0.25, 0.3) is 11.5 Å². The summed E-state index contributed by atoms with van der Waals surface area (Å²) in [6.07, 6.45) is -10.7. The van der Waals surface area contributed by atoms with Crippen molar-refractivity contribution < 1.29 is 56.0 Å². The minimum atomic E-state index is -6.05. The summed E-state index contributed by atoms with van der Waals surface area (Å²) in [5, 5.41) is 32.5. The maximum Gasteiger partial charge on any atom is 0.430 e. The molecule has 0 aromatic heterocycles. The fraction of sp³-hybridized carbons (Fsp3) is 0.429. The second-order valence-corrected chi connectivity index (χ2v) is 12.0. The number of urea groups is 1. The number of aryl methyl sites for hydroxylation is 3. The van der Waals surface area contributed by atoms with Crippen molar-refractivity contribution in [3.63, 3.8) is 0 Å². The van der Waals surface area contributed by atoms with Crippen molar-refractivity contribution >= 4 is 11.9 Å². The number of imide groups is 1. The van der Waals surface area contributed by atoms with Crippen molar-refractivity contribution in [1.82, 2.24) is 10.2 Å². The number of carbonyl (C=O) groups is 2. The number of aromatic hydroxyl groups is 2. The lowest BCUT2D eigenvalue weighted by molar-refractivity contribution is -0.376. The molecule has 266 valence electrons. The van der Waals surface area contributed by atoms with Gasteiger partial charge in [-0.05, 0) is 85.0 Å². The average Bonchev–Trinajstić information content (AvgIpc) is 3.29. The summed E-state index contributed by atoms with van der Waals surface area (Å²) in [4.78, 5) is 27.3. The standard InChI is InChI=1S/C35H38F6N2O6/c1-3-10-23-19-26(33(48,34(36,37)38)35(39,40)41)20-24(14-13-22-11-6-5-7-12-22)29(23)49-18-9-8-17-43-30(46)32(4-2,42-31(43)47)25-15-16-27(44)28(45)21-25/h5-7,11-12,15-16,19-21,44-45,48H,3-4,8-10,13-14,17-18H2,1-2H3,(H,42,47). The van der Waals surface area contributed by atoms with Gasteiger partial charge in [0.05, 0.1) is 6.61 Å². The molecule has 49 heavy (non-hydrogen) atoms. The number of alkyl halides is 6. The molecule has 0 spiro atoms. The highest BCUT2D eigenvalue weighted by Crippen LogP contribution is 2.51. The van der Waals surface area contributed by atoms with Gasteiger partial charge >= 0.3 is 18.4 Å². The van der Waals surface area contributed by atoms with E-state index in [-0.39, 0.29) is 79.9 Å². The largest absolute Gasteiger partial charge is 0.504 e. The molecular formula is C35H38F6N2O6. The van der Waals surface area contributed by atoms with Crippen LogP contribution in [0, 0.1) is 0 Å². The van der Waals surface area contributed by atoms with Gasteiger partial charge in [0.2, 0.25) is 0 Å². The van der Waals surface area contributed by atoms with Crippen LogP contribution in [0.5, 0.6) is 17.2 Å². The van der Waals surface area contributed by atoms with Crippen molar-refractivity contribution in [3.8, 4) is 17.2 Å². The molecule has 1 unspecified atom stereocenters. The molecule has 0 saturated carbocycles. The van der Waals surface area contributed by atoms with E-state index in [0.717, 1.165) is 10.5 Å². The molecule has 3 aromatic carbocycles. The number of amides is 3. The average molecular weight is 697 g/mol. The summed E-state index contributed by atoms with van der Waals surface area (Å²) in [6.45, 7) is 3.32. The van der Waals surface area contributed by atoms with Gasteiger partial charge in [-0.15, -0.1) is 0 Å². The smallest absolute Gasteiger partial charge is 0.430 e. The van der Waals surface area contributed by atoms with Crippen molar-refractivity contribution in [1.29, 1.82) is 0 Å². The highest BCUT2D eigenvalue weighted by Gasteiger charge is 2.71. The molecule has 14 heteroatoms. The Morgan fingerprint density at radius 1 is 0.816 bits per heavy atom. The number of aliphatic hydroxyl groups is 1. The Balaban J connectivity index is 1.55. The molecule has 0 bridgehead atoms. The van der Waals surface area contributed by atoms with Crippen molar-refractivity contribution in [2.24, 2.45) is 0 Å². The lowest BCUT2D eigenvalue weighted by Crippen LogP contribution is -2.54. The maximum absolute atomic E-state index is 13.9. The topological polar surface area (TPSA) is 119 Å². The number of halogens is 6. The first-order chi connectivity index (χ1) is 23.0. The van der Waals surface area contributed by atoms with Crippen LogP contribution in [0.1, 0.15) is 67.3 Å². The number of nitrogens with zero attached hydrogens (tertiary/aromatic N) is 1. The van der Waals surface area contributed by atoms with Gasteiger partial charge in [0.15, 0.2) is 11.5 Å². The Bertz CT molecular complexity index is 1630. The predicted octanol–water partition coefficient (Wildman–Crippen LogP) is 7.16. The van der Waals surface area contributed by atoms with Crippen molar-refractivity contribution in [2.75, 3.05) is 13.2 Å². The number of unbranched alkanes of at least 4 members (excludes halogenated alkanes) is 1. The van der Waals surface area contributed by atoms with Crippen LogP contribution in [0.25, 0.3) is 0 Å². The first kappa shape index (κ1) is 37.4. The highest BCUT2D eigenvalue weighted by molar-refractivity contribution is 6.07. The maximum atomic E-state index is 13.9. The second-order valence-electron chi connectivity index (χ2n) is 12.0. The molecule has 1 saturated heterocycles. The fourth-order valence-corrected chi connectivity index (χ4v) is 6.00. The number of carbonyl (C=O) groups excluding carboxylic acids is 2. The predicted molar refractivity (Wildman–Crippen MR) is 167 cm³/mol. The molecule has 0 radical (unpaired) electrons. The number of hydrogen-bond acceptors (Lipinski definition) is 6. The number of hydrogen-bond donors (Lipinski definition) is 4. The van der Waals surface area contributed by atoms with Crippen LogP contribution in [0.3, 0.4) is 0 Å². The van der Waals surface area contributed by atoms with E-state index in [9.17, 15) is 51.3 Å². The third kappa shape index (κ3) is 7.43. The van der Waals surface area contributed by atoms with Crippen LogP contribution in [0.15, 0.2) is 60.7 Å². The zero-order valence-electron chi connectivity index (χ0n) is 26.9.